The third kappa shape index (κ3) is 4.05. The summed E-state index contributed by atoms with van der Waals surface area (Å²) in [5, 5.41) is 11.4. The van der Waals surface area contributed by atoms with Crippen molar-refractivity contribution in [2.24, 2.45) is 5.92 Å². The normalized spacial score (nSPS) is 22.9. The van der Waals surface area contributed by atoms with Crippen LogP contribution in [0.25, 0.3) is 5.69 Å². The number of aromatic hydroxyl groups is 1. The molecule has 0 bridgehead atoms. The fourth-order valence-corrected chi connectivity index (χ4v) is 8.25. The molecule has 4 atom stereocenters. The lowest BCUT2D eigenvalue weighted by molar-refractivity contribution is -0.124. The highest BCUT2D eigenvalue weighted by molar-refractivity contribution is 6.32. The number of hydrogen-bond acceptors (Lipinski definition) is 6. The molecule has 8 rings (SSSR count). The largest absolute Gasteiger partial charge is 0.504 e. The third-order valence-corrected chi connectivity index (χ3v) is 10.2. The molecule has 0 radical (unpaired) electrons. The van der Waals surface area contributed by atoms with Crippen LogP contribution >= 0.6 is 11.6 Å². The lowest BCUT2D eigenvalue weighted by atomic mass is 9.53. The number of para-hydroxylation sites is 1. The highest BCUT2D eigenvalue weighted by Gasteiger charge is 2.68. The lowest BCUT2D eigenvalue weighted by Gasteiger charge is -2.49. The number of allylic oxidation sites excluding steroid dienone is 2. The maximum Gasteiger partial charge on any atom is 0.352 e. The zero-order chi connectivity index (χ0) is 33.3. The molecule has 1 aromatic heterocycles. The van der Waals surface area contributed by atoms with Crippen LogP contribution in [0.5, 0.6) is 11.5 Å². The molecule has 1 aliphatic carbocycles. The van der Waals surface area contributed by atoms with E-state index in [4.69, 9.17) is 16.3 Å². The van der Waals surface area contributed by atoms with Crippen molar-refractivity contribution in [3.05, 3.63) is 152 Å². The molecule has 48 heavy (non-hydrogen) atoms. The lowest BCUT2D eigenvalue weighted by Crippen LogP contribution is -2.53. The van der Waals surface area contributed by atoms with Gasteiger partial charge in [0.2, 0.25) is 11.8 Å². The van der Waals surface area contributed by atoms with Gasteiger partial charge < -0.3 is 9.84 Å². The topological polar surface area (TPSA) is 116 Å². The standard InChI is InChI=1S/C37H29ClN4O6/c1-48-31-16-15-22(19-30(31)43)32-27-17-18-39-35(46)41(25-12-6-3-7-13-25)36(47)42(39)29(27)21-28-33(44)40(26-14-8-11-24(38)20-26)34(45)37(28,32)23-9-4-2-5-10-23/h2-17,19-20,28-29,32,43H,18,21H2,1H3. The fraction of sp³-hybridized carbons (Fsp3) is 0.189. The number of carbonyl (C=O) groups is 2. The number of rotatable bonds is 5. The third-order valence-electron chi connectivity index (χ3n) is 9.98. The van der Waals surface area contributed by atoms with E-state index < -0.39 is 46.5 Å². The van der Waals surface area contributed by atoms with Crippen LogP contribution in [0.15, 0.2) is 124 Å². The summed E-state index contributed by atoms with van der Waals surface area (Å²) in [6.07, 6.45) is 1.95. The molecule has 1 N–H and O–H groups in total. The Morgan fingerprint density at radius 1 is 0.833 bits per heavy atom. The van der Waals surface area contributed by atoms with Crippen molar-refractivity contribution in [1.29, 1.82) is 0 Å². The van der Waals surface area contributed by atoms with E-state index in [1.165, 1.54) is 21.4 Å². The van der Waals surface area contributed by atoms with Crippen LogP contribution in [0.2, 0.25) is 5.02 Å². The van der Waals surface area contributed by atoms with Gasteiger partial charge in [0.1, 0.15) is 0 Å². The van der Waals surface area contributed by atoms with Crippen LogP contribution in [0.4, 0.5) is 5.69 Å². The van der Waals surface area contributed by atoms with E-state index in [-0.39, 0.29) is 24.5 Å². The summed E-state index contributed by atoms with van der Waals surface area (Å²) in [6, 6.07) is 28.6. The number of ether oxygens (including phenoxy) is 1. The van der Waals surface area contributed by atoms with Crippen molar-refractivity contribution in [3.63, 3.8) is 0 Å². The number of carbonyl (C=O) groups excluding carboxylic acids is 2. The predicted molar refractivity (Wildman–Crippen MR) is 179 cm³/mol. The highest BCUT2D eigenvalue weighted by atomic mass is 35.5. The van der Waals surface area contributed by atoms with E-state index in [0.29, 0.717) is 33.1 Å². The van der Waals surface area contributed by atoms with Crippen molar-refractivity contribution >= 4 is 29.1 Å². The Morgan fingerprint density at radius 3 is 2.23 bits per heavy atom. The molecule has 4 aromatic carbocycles. The SMILES string of the molecule is COc1ccc(C2C3=CCn4c(=O)n(-c5ccccc5)c(=O)n4C3CC3C(=O)N(c4cccc(Cl)c4)C(=O)C32c2ccccc2)cc1O. The van der Waals surface area contributed by atoms with Gasteiger partial charge >= 0.3 is 11.4 Å². The Kier molecular flexibility index (Phi) is 6.81. The first-order chi connectivity index (χ1) is 23.3. The summed E-state index contributed by atoms with van der Waals surface area (Å²) in [4.78, 5) is 59.2. The molecule has 2 aliphatic heterocycles. The van der Waals surface area contributed by atoms with Crippen molar-refractivity contribution in [2.45, 2.75) is 30.3 Å². The minimum atomic E-state index is -1.47. The molecule has 4 unspecified atom stereocenters. The van der Waals surface area contributed by atoms with Gasteiger partial charge in [-0.3, -0.25) is 9.59 Å². The second-order valence-corrected chi connectivity index (χ2v) is 12.7. The number of nitrogens with zero attached hydrogens (tertiary/aromatic N) is 4. The molecule has 240 valence electrons. The molecular weight excluding hydrogens is 632 g/mol. The maximum atomic E-state index is 15.2. The minimum absolute atomic E-state index is 0.0635. The average Bonchev–Trinajstić information content (AvgIpc) is 3.49. The minimum Gasteiger partial charge on any atom is -0.504 e. The number of phenolic OH excluding ortho intramolecular Hbond substituents is 1. The fourth-order valence-electron chi connectivity index (χ4n) is 8.07. The van der Waals surface area contributed by atoms with Gasteiger partial charge in [-0.1, -0.05) is 78.3 Å². The molecule has 5 aromatic rings. The Labute approximate surface area is 279 Å². The van der Waals surface area contributed by atoms with Crippen LogP contribution in [-0.4, -0.2) is 38.0 Å². The van der Waals surface area contributed by atoms with Crippen LogP contribution in [0.1, 0.15) is 29.5 Å². The molecule has 3 aliphatic rings. The van der Waals surface area contributed by atoms with E-state index in [0.717, 1.165) is 4.57 Å². The van der Waals surface area contributed by atoms with Crippen molar-refractivity contribution in [1.82, 2.24) is 13.9 Å². The molecule has 0 spiro atoms. The number of benzene rings is 4. The first kappa shape index (κ1) is 29.8. The number of fused-ring (bicyclic) bond motifs is 4. The first-order valence-corrected chi connectivity index (χ1v) is 15.9. The van der Waals surface area contributed by atoms with Crippen LogP contribution < -0.4 is 21.0 Å². The number of methoxy groups -OCH3 is 1. The number of amides is 2. The van der Waals surface area contributed by atoms with Gasteiger partial charge in [-0.05, 0) is 65.6 Å². The zero-order valence-corrected chi connectivity index (χ0v) is 26.4. The van der Waals surface area contributed by atoms with Gasteiger partial charge in [0.05, 0.1) is 42.4 Å². The van der Waals surface area contributed by atoms with Crippen LogP contribution in [-0.2, 0) is 21.5 Å². The molecule has 11 heteroatoms. The van der Waals surface area contributed by atoms with Crippen LogP contribution in [0.3, 0.4) is 0 Å². The molecule has 2 amide bonds. The molecule has 3 heterocycles. The zero-order valence-electron chi connectivity index (χ0n) is 25.7. The van der Waals surface area contributed by atoms with Crippen LogP contribution in [0, 0.1) is 5.92 Å². The number of phenols is 1. The number of halogens is 1. The van der Waals surface area contributed by atoms with Crippen molar-refractivity contribution in [2.75, 3.05) is 12.0 Å². The van der Waals surface area contributed by atoms with Gasteiger partial charge in [-0.25, -0.2) is 28.4 Å². The Bertz CT molecular complexity index is 2270. The quantitative estimate of drug-likeness (QED) is 0.210. The van der Waals surface area contributed by atoms with Gasteiger partial charge in [0, 0.05) is 10.9 Å². The summed E-state index contributed by atoms with van der Waals surface area (Å²) in [6.45, 7) is 0.0635. The highest BCUT2D eigenvalue weighted by Crippen LogP contribution is 2.62. The summed E-state index contributed by atoms with van der Waals surface area (Å²) in [5.41, 5.74) is 0.101. The van der Waals surface area contributed by atoms with E-state index >= 15 is 4.79 Å². The predicted octanol–water partition coefficient (Wildman–Crippen LogP) is 4.96. The number of hydrogen-bond donors (Lipinski definition) is 1. The van der Waals surface area contributed by atoms with Crippen molar-refractivity contribution < 1.29 is 19.4 Å². The van der Waals surface area contributed by atoms with E-state index in [1.807, 2.05) is 36.4 Å². The molecule has 1 saturated heterocycles. The molecule has 10 nitrogen and oxygen atoms in total. The molecule has 2 fully saturated rings. The number of aromatic nitrogens is 3. The summed E-state index contributed by atoms with van der Waals surface area (Å²) < 4.78 is 9.28. The van der Waals surface area contributed by atoms with Gasteiger partial charge in [-0.15, -0.1) is 0 Å². The summed E-state index contributed by atoms with van der Waals surface area (Å²) in [7, 11) is 1.45. The number of anilines is 1. The monoisotopic (exact) mass is 660 g/mol. The summed E-state index contributed by atoms with van der Waals surface area (Å²) >= 11 is 6.36. The maximum absolute atomic E-state index is 15.2. The molecular formula is C37H29ClN4O6. The Hall–Kier alpha value is -5.61. The van der Waals surface area contributed by atoms with Crippen molar-refractivity contribution in [3.8, 4) is 17.2 Å². The van der Waals surface area contributed by atoms with Gasteiger partial charge in [-0.2, -0.15) is 0 Å². The Balaban J connectivity index is 1.42. The second-order valence-electron chi connectivity index (χ2n) is 12.2. The summed E-state index contributed by atoms with van der Waals surface area (Å²) in [5.74, 6) is -2.56. The van der Waals surface area contributed by atoms with E-state index in [1.54, 1.807) is 72.8 Å². The van der Waals surface area contributed by atoms with E-state index in [9.17, 15) is 19.5 Å². The first-order valence-electron chi connectivity index (χ1n) is 15.5. The average molecular weight is 661 g/mol. The number of imide groups is 1. The molecule has 1 saturated carbocycles. The van der Waals surface area contributed by atoms with Gasteiger partial charge in [0.15, 0.2) is 11.5 Å². The van der Waals surface area contributed by atoms with E-state index in [2.05, 4.69) is 0 Å². The Morgan fingerprint density at radius 2 is 1.54 bits per heavy atom. The smallest absolute Gasteiger partial charge is 0.352 e. The van der Waals surface area contributed by atoms with Gasteiger partial charge in [0.25, 0.3) is 0 Å². The second kappa shape index (κ2) is 11.0.